The molecule has 0 spiro atoms. The number of hydrogen-bond acceptors (Lipinski definition) is 4. The van der Waals surface area contributed by atoms with Crippen LogP contribution in [0.4, 0.5) is 11.4 Å². The zero-order valence-electron chi connectivity index (χ0n) is 17.5. The average Bonchev–Trinajstić information content (AvgIpc) is 3.13. The number of halogens is 1. The van der Waals surface area contributed by atoms with Crippen molar-refractivity contribution in [3.05, 3.63) is 51.5 Å². The Morgan fingerprint density at radius 2 is 1.70 bits per heavy atom. The number of piperazine rings is 1. The second kappa shape index (κ2) is 7.98. The highest BCUT2D eigenvalue weighted by Crippen LogP contribution is 2.39. The van der Waals surface area contributed by atoms with Gasteiger partial charge >= 0.3 is 0 Å². The maximum Gasteiger partial charge on any atom is 0.245 e. The first-order chi connectivity index (χ1) is 14.2. The SMILES string of the molecule is CC(=O)N1CCc2cc(Br)cc(S(=O)(=O)N3CCN(c4cc(C)ccc4C)CC3)c21. The average molecular weight is 492 g/mol. The minimum atomic E-state index is -3.72. The molecule has 8 heteroatoms. The quantitative estimate of drug-likeness (QED) is 0.659. The van der Waals surface area contributed by atoms with Crippen molar-refractivity contribution >= 4 is 43.2 Å². The zero-order chi connectivity index (χ0) is 21.6. The predicted octanol–water partition coefficient (Wildman–Crippen LogP) is 3.49. The molecule has 0 aliphatic carbocycles. The fraction of sp³-hybridized carbons (Fsp3) is 0.409. The summed E-state index contributed by atoms with van der Waals surface area (Å²) in [6.07, 6.45) is 0.664. The summed E-state index contributed by atoms with van der Waals surface area (Å²) >= 11 is 3.45. The van der Waals surface area contributed by atoms with Crippen LogP contribution in [0.15, 0.2) is 39.7 Å². The van der Waals surface area contributed by atoms with Crippen molar-refractivity contribution in [2.45, 2.75) is 32.1 Å². The number of benzene rings is 2. The molecule has 2 aromatic rings. The van der Waals surface area contributed by atoms with E-state index in [4.69, 9.17) is 0 Å². The first-order valence-corrected chi connectivity index (χ1v) is 12.3. The number of sulfonamides is 1. The first-order valence-electron chi connectivity index (χ1n) is 10.1. The van der Waals surface area contributed by atoms with Gasteiger partial charge in [0, 0.05) is 49.8 Å². The molecule has 30 heavy (non-hydrogen) atoms. The van der Waals surface area contributed by atoms with Crippen molar-refractivity contribution in [1.82, 2.24) is 4.31 Å². The van der Waals surface area contributed by atoms with Crippen molar-refractivity contribution in [3.8, 4) is 0 Å². The van der Waals surface area contributed by atoms with E-state index in [1.807, 2.05) is 6.07 Å². The zero-order valence-corrected chi connectivity index (χ0v) is 19.9. The molecule has 4 rings (SSSR count). The summed E-state index contributed by atoms with van der Waals surface area (Å²) in [5, 5.41) is 0. The number of anilines is 2. The summed E-state index contributed by atoms with van der Waals surface area (Å²) in [7, 11) is -3.72. The number of nitrogens with zero attached hydrogens (tertiary/aromatic N) is 3. The Morgan fingerprint density at radius 1 is 1.00 bits per heavy atom. The van der Waals surface area contributed by atoms with Crippen LogP contribution in [0.1, 0.15) is 23.6 Å². The number of carbonyl (C=O) groups excluding carboxylic acids is 1. The smallest absolute Gasteiger partial charge is 0.245 e. The van der Waals surface area contributed by atoms with Crippen LogP contribution in [-0.4, -0.2) is 51.4 Å². The molecule has 2 aliphatic heterocycles. The Kier molecular flexibility index (Phi) is 5.67. The van der Waals surface area contributed by atoms with Crippen LogP contribution in [0.25, 0.3) is 0 Å². The fourth-order valence-electron chi connectivity index (χ4n) is 4.35. The van der Waals surface area contributed by atoms with Crippen LogP contribution in [0, 0.1) is 13.8 Å². The van der Waals surface area contributed by atoms with Crippen molar-refractivity contribution in [2.75, 3.05) is 42.5 Å². The normalized spacial score (nSPS) is 17.3. The van der Waals surface area contributed by atoms with Crippen LogP contribution >= 0.6 is 15.9 Å². The number of carbonyl (C=O) groups is 1. The molecule has 6 nitrogen and oxygen atoms in total. The number of fused-ring (bicyclic) bond motifs is 1. The molecule has 0 bridgehead atoms. The van der Waals surface area contributed by atoms with Gasteiger partial charge in [0.1, 0.15) is 4.90 Å². The van der Waals surface area contributed by atoms with Crippen LogP contribution in [0.5, 0.6) is 0 Å². The molecule has 2 heterocycles. The maximum atomic E-state index is 13.6. The van der Waals surface area contributed by atoms with Gasteiger partial charge in [0.15, 0.2) is 0 Å². The van der Waals surface area contributed by atoms with Crippen LogP contribution in [-0.2, 0) is 21.2 Å². The van der Waals surface area contributed by atoms with Gasteiger partial charge in [-0.15, -0.1) is 0 Å². The third kappa shape index (κ3) is 3.76. The van der Waals surface area contributed by atoms with E-state index in [0.29, 0.717) is 44.8 Å². The van der Waals surface area contributed by atoms with E-state index in [0.717, 1.165) is 15.7 Å². The predicted molar refractivity (Wildman–Crippen MR) is 123 cm³/mol. The summed E-state index contributed by atoms with van der Waals surface area (Å²) in [4.78, 5) is 16.2. The van der Waals surface area contributed by atoms with Crippen molar-refractivity contribution in [3.63, 3.8) is 0 Å². The third-order valence-corrected chi connectivity index (χ3v) is 8.31. The molecule has 0 atom stereocenters. The molecule has 1 fully saturated rings. The summed E-state index contributed by atoms with van der Waals surface area (Å²) in [5.41, 5.74) is 4.99. The summed E-state index contributed by atoms with van der Waals surface area (Å²) in [6.45, 7) is 8.25. The van der Waals surface area contributed by atoms with E-state index >= 15 is 0 Å². The highest BCUT2D eigenvalue weighted by molar-refractivity contribution is 9.10. The van der Waals surface area contributed by atoms with Crippen molar-refractivity contribution < 1.29 is 13.2 Å². The molecule has 0 saturated carbocycles. The van der Waals surface area contributed by atoms with Crippen LogP contribution in [0.2, 0.25) is 0 Å². The molecule has 0 N–H and O–H groups in total. The lowest BCUT2D eigenvalue weighted by Gasteiger charge is -2.36. The van der Waals surface area contributed by atoms with Gasteiger partial charge in [0.2, 0.25) is 15.9 Å². The molecule has 0 radical (unpaired) electrons. The van der Waals surface area contributed by atoms with E-state index in [1.165, 1.54) is 18.1 Å². The number of hydrogen-bond donors (Lipinski definition) is 0. The Bertz CT molecular complexity index is 1110. The summed E-state index contributed by atoms with van der Waals surface area (Å²) < 4.78 is 29.4. The van der Waals surface area contributed by atoms with E-state index < -0.39 is 10.0 Å². The first kappa shape index (κ1) is 21.3. The highest BCUT2D eigenvalue weighted by Gasteiger charge is 2.36. The van der Waals surface area contributed by atoms with Gasteiger partial charge in [-0.1, -0.05) is 28.1 Å². The molecule has 1 amide bonds. The van der Waals surface area contributed by atoms with E-state index in [2.05, 4.69) is 52.9 Å². The van der Waals surface area contributed by atoms with E-state index in [-0.39, 0.29) is 10.8 Å². The lowest BCUT2D eigenvalue weighted by Crippen LogP contribution is -2.49. The second-order valence-electron chi connectivity index (χ2n) is 8.01. The van der Waals surface area contributed by atoms with Crippen LogP contribution in [0.3, 0.4) is 0 Å². The summed E-state index contributed by atoms with van der Waals surface area (Å²) in [6, 6.07) is 9.90. The van der Waals surface area contributed by atoms with Gasteiger partial charge in [-0.3, -0.25) is 4.79 Å². The Balaban J connectivity index is 1.62. The molecule has 2 aliphatic rings. The van der Waals surface area contributed by atoms with Gasteiger partial charge < -0.3 is 9.80 Å². The monoisotopic (exact) mass is 491 g/mol. The maximum absolute atomic E-state index is 13.6. The minimum absolute atomic E-state index is 0.132. The van der Waals surface area contributed by atoms with Gasteiger partial charge in [-0.05, 0) is 55.2 Å². The molecular formula is C22H26BrN3O3S. The topological polar surface area (TPSA) is 60.9 Å². The number of aryl methyl sites for hydroxylation is 2. The molecule has 160 valence electrons. The lowest BCUT2D eigenvalue weighted by atomic mass is 10.1. The molecule has 1 saturated heterocycles. The molecule has 2 aromatic carbocycles. The van der Waals surface area contributed by atoms with Crippen molar-refractivity contribution in [1.29, 1.82) is 0 Å². The summed E-state index contributed by atoms with van der Waals surface area (Å²) in [5.74, 6) is -0.132. The van der Waals surface area contributed by atoms with Gasteiger partial charge in [-0.2, -0.15) is 4.31 Å². The van der Waals surface area contributed by atoms with Gasteiger partial charge in [0.25, 0.3) is 0 Å². The van der Waals surface area contributed by atoms with Crippen LogP contribution < -0.4 is 9.80 Å². The third-order valence-electron chi connectivity index (χ3n) is 5.94. The van der Waals surface area contributed by atoms with Gasteiger partial charge in [-0.25, -0.2) is 8.42 Å². The van der Waals surface area contributed by atoms with Crippen molar-refractivity contribution in [2.24, 2.45) is 0 Å². The Morgan fingerprint density at radius 3 is 2.37 bits per heavy atom. The Labute approximate surface area is 186 Å². The molecular weight excluding hydrogens is 466 g/mol. The fourth-order valence-corrected chi connectivity index (χ4v) is 6.69. The minimum Gasteiger partial charge on any atom is -0.369 e. The molecule has 0 unspecified atom stereocenters. The lowest BCUT2D eigenvalue weighted by molar-refractivity contribution is -0.116. The number of amides is 1. The standard InChI is InChI=1S/C22H26BrN3O3S/c1-15-4-5-16(2)20(12-15)24-8-10-25(11-9-24)30(28,29)21-14-19(23)13-18-6-7-26(17(3)27)22(18)21/h4-5,12-14H,6-11H2,1-3H3. The largest absolute Gasteiger partial charge is 0.369 e. The second-order valence-corrected chi connectivity index (χ2v) is 10.8. The Hall–Kier alpha value is -1.90. The number of rotatable bonds is 3. The highest BCUT2D eigenvalue weighted by atomic mass is 79.9. The van der Waals surface area contributed by atoms with E-state index in [1.54, 1.807) is 15.3 Å². The van der Waals surface area contributed by atoms with Gasteiger partial charge in [0.05, 0.1) is 5.69 Å². The van der Waals surface area contributed by atoms with E-state index in [9.17, 15) is 13.2 Å². The molecule has 0 aromatic heterocycles.